The molecule has 0 saturated heterocycles. The Kier molecular flexibility index (Phi) is 7.59. The van der Waals surface area contributed by atoms with E-state index in [4.69, 9.17) is 4.99 Å². The largest absolute Gasteiger partial charge is 0.340 e. The van der Waals surface area contributed by atoms with E-state index in [1.54, 1.807) is 12.1 Å². The summed E-state index contributed by atoms with van der Waals surface area (Å²) in [6, 6.07) is 59.0. The van der Waals surface area contributed by atoms with Crippen LogP contribution in [0.4, 0.5) is 5.69 Å². The Labute approximate surface area is 306 Å². The second-order valence-corrected chi connectivity index (χ2v) is 13.0. The van der Waals surface area contributed by atoms with Crippen LogP contribution in [0.25, 0.3) is 49.7 Å². The molecule has 2 heterocycles. The Morgan fingerprint density at radius 1 is 0.509 bits per heavy atom. The Morgan fingerprint density at radius 3 is 1.62 bits per heavy atom. The smallest absolute Gasteiger partial charge is 0.133 e. The predicted molar refractivity (Wildman–Crippen MR) is 211 cm³/mol. The van der Waals surface area contributed by atoms with Crippen LogP contribution in [0, 0.1) is 34.0 Å². The highest BCUT2D eigenvalue weighted by atomic mass is 15.1. The van der Waals surface area contributed by atoms with Gasteiger partial charge in [0.2, 0.25) is 0 Å². The molecule has 0 radical (unpaired) electrons. The highest BCUT2D eigenvalue weighted by Gasteiger charge is 2.30. The van der Waals surface area contributed by atoms with E-state index in [0.29, 0.717) is 39.3 Å². The molecule has 53 heavy (non-hydrogen) atoms. The van der Waals surface area contributed by atoms with E-state index in [1.807, 2.05) is 84.9 Å². The van der Waals surface area contributed by atoms with Gasteiger partial charge in [-0.2, -0.15) is 15.8 Å². The van der Waals surface area contributed by atoms with Crippen molar-refractivity contribution in [3.05, 3.63) is 191 Å². The molecule has 0 spiro atoms. The molecule has 1 atom stereocenters. The first kappa shape index (κ1) is 31.3. The Bertz CT molecular complexity index is 2790. The summed E-state index contributed by atoms with van der Waals surface area (Å²) in [6.07, 6.45) is 0. The number of aliphatic imine (C=N–C) groups is 1. The van der Waals surface area contributed by atoms with Gasteiger partial charge in [0.15, 0.2) is 0 Å². The van der Waals surface area contributed by atoms with Crippen molar-refractivity contribution in [1.82, 2.24) is 4.57 Å². The van der Waals surface area contributed by atoms with Crippen molar-refractivity contribution in [2.45, 2.75) is 6.04 Å². The maximum Gasteiger partial charge on any atom is 0.133 e. The zero-order valence-electron chi connectivity index (χ0n) is 28.3. The minimum atomic E-state index is -0.667. The molecule has 6 heteroatoms. The van der Waals surface area contributed by atoms with Gasteiger partial charge >= 0.3 is 0 Å². The molecule has 0 saturated carbocycles. The van der Waals surface area contributed by atoms with Crippen molar-refractivity contribution in [1.29, 1.82) is 15.8 Å². The number of anilines is 1. The number of hydrogen-bond acceptors (Lipinski definition) is 5. The molecule has 1 aromatic heterocycles. The number of nitriles is 3. The number of nitrogens with zero attached hydrogens (tertiary/aromatic N) is 5. The van der Waals surface area contributed by atoms with E-state index in [9.17, 15) is 15.8 Å². The fourth-order valence-corrected chi connectivity index (χ4v) is 7.47. The normalized spacial score (nSPS) is 13.3. The topological polar surface area (TPSA) is 101 Å². The summed E-state index contributed by atoms with van der Waals surface area (Å²) in [5.74, 6) is 0.597. The molecule has 8 aromatic rings. The van der Waals surface area contributed by atoms with Crippen LogP contribution in [-0.2, 0) is 0 Å². The van der Waals surface area contributed by atoms with Gasteiger partial charge in [-0.1, -0.05) is 121 Å². The third-order valence-electron chi connectivity index (χ3n) is 9.95. The molecule has 6 nitrogen and oxygen atoms in total. The van der Waals surface area contributed by atoms with Gasteiger partial charge in [0.25, 0.3) is 0 Å². The molecule has 0 bridgehead atoms. The summed E-state index contributed by atoms with van der Waals surface area (Å²) in [5.41, 5.74) is 11.2. The summed E-state index contributed by atoms with van der Waals surface area (Å²) in [5, 5.41) is 36.4. The Morgan fingerprint density at radius 2 is 1.08 bits per heavy atom. The molecule has 246 valence electrons. The molecule has 1 aliphatic heterocycles. The van der Waals surface area contributed by atoms with Crippen molar-refractivity contribution in [2.24, 2.45) is 4.99 Å². The molecular weight excluding hydrogens is 649 g/mol. The first-order valence-electron chi connectivity index (χ1n) is 17.3. The Balaban J connectivity index is 1.27. The quantitative estimate of drug-likeness (QED) is 0.196. The highest BCUT2D eigenvalue weighted by molar-refractivity contribution is 6.12. The summed E-state index contributed by atoms with van der Waals surface area (Å²) in [4.78, 5) is 5.13. The number of rotatable bonds is 5. The lowest BCUT2D eigenvalue weighted by atomic mass is 9.88. The third-order valence-corrected chi connectivity index (χ3v) is 9.95. The molecule has 0 aliphatic carbocycles. The lowest BCUT2D eigenvalue weighted by Crippen LogP contribution is -2.23. The molecule has 7 aromatic carbocycles. The van der Waals surface area contributed by atoms with Crippen LogP contribution in [0.15, 0.2) is 163 Å². The van der Waals surface area contributed by atoms with Gasteiger partial charge in [-0.15, -0.1) is 0 Å². The van der Waals surface area contributed by atoms with E-state index in [-0.39, 0.29) is 0 Å². The predicted octanol–water partition coefficient (Wildman–Crippen LogP) is 10.7. The van der Waals surface area contributed by atoms with Crippen LogP contribution in [-0.4, -0.2) is 10.4 Å². The average molecular weight is 677 g/mol. The van der Waals surface area contributed by atoms with E-state index >= 15 is 0 Å². The van der Waals surface area contributed by atoms with Crippen LogP contribution in [0.2, 0.25) is 0 Å². The number of benzene rings is 7. The molecule has 0 amide bonds. The molecular formula is C47H28N6. The number of fused-ring (bicyclic) bond motifs is 4. The van der Waals surface area contributed by atoms with Crippen molar-refractivity contribution < 1.29 is 0 Å². The lowest BCUT2D eigenvalue weighted by Gasteiger charge is -2.27. The number of nitrogens with one attached hydrogen (secondary N) is 1. The monoisotopic (exact) mass is 676 g/mol. The number of amidine groups is 1. The van der Waals surface area contributed by atoms with E-state index in [2.05, 4.69) is 88.8 Å². The first-order chi connectivity index (χ1) is 26.1. The molecule has 0 fully saturated rings. The number of aromatic nitrogens is 1. The minimum Gasteiger partial charge on any atom is -0.340 e. The SMILES string of the molecule is N#Cc1cc(C#N)c2c(c1)NC(c1ccccc1)=NC2c1ccc(-n2c3cc(-c4ccccc4)ccc3c3ccc(-c4ccccc4)cc32)cc1C#N. The first-order valence-corrected chi connectivity index (χ1v) is 17.3. The van der Waals surface area contributed by atoms with Gasteiger partial charge in [0, 0.05) is 33.3 Å². The highest BCUT2D eigenvalue weighted by Crippen LogP contribution is 2.42. The van der Waals surface area contributed by atoms with Crippen LogP contribution in [0.3, 0.4) is 0 Å². The summed E-state index contributed by atoms with van der Waals surface area (Å²) < 4.78 is 2.24. The number of hydrogen-bond donors (Lipinski definition) is 1. The summed E-state index contributed by atoms with van der Waals surface area (Å²) in [7, 11) is 0. The Hall–Kier alpha value is -7.72. The fourth-order valence-electron chi connectivity index (χ4n) is 7.47. The average Bonchev–Trinajstić information content (AvgIpc) is 3.56. The van der Waals surface area contributed by atoms with Crippen LogP contribution in [0.1, 0.15) is 39.4 Å². The molecule has 1 N–H and O–H groups in total. The van der Waals surface area contributed by atoms with E-state index in [0.717, 1.165) is 55.3 Å². The van der Waals surface area contributed by atoms with Gasteiger partial charge in [-0.25, -0.2) is 0 Å². The second-order valence-electron chi connectivity index (χ2n) is 13.0. The zero-order valence-corrected chi connectivity index (χ0v) is 28.3. The van der Waals surface area contributed by atoms with Crippen LogP contribution >= 0.6 is 0 Å². The molecule has 1 unspecified atom stereocenters. The van der Waals surface area contributed by atoms with Gasteiger partial charge in [0.1, 0.15) is 11.9 Å². The van der Waals surface area contributed by atoms with Gasteiger partial charge < -0.3 is 9.88 Å². The van der Waals surface area contributed by atoms with Crippen molar-refractivity contribution in [2.75, 3.05) is 5.32 Å². The maximum atomic E-state index is 10.8. The lowest BCUT2D eigenvalue weighted by molar-refractivity contribution is 0.855. The second kappa shape index (κ2) is 12.9. The zero-order chi connectivity index (χ0) is 35.9. The third kappa shape index (κ3) is 5.38. The van der Waals surface area contributed by atoms with Crippen LogP contribution < -0.4 is 5.32 Å². The van der Waals surface area contributed by atoms with Gasteiger partial charge in [0.05, 0.1) is 45.9 Å². The summed E-state index contributed by atoms with van der Waals surface area (Å²) >= 11 is 0. The minimum absolute atomic E-state index is 0.338. The standard InChI is InChI=1S/C47H28N6/c48-27-30-22-37(29-50)45-42(23-30)51-47(33-14-8-3-9-15-33)52-46(45)39-21-18-38(24-36(39)28-49)53-43-25-34(31-10-4-1-5-11-31)16-19-40(43)41-20-17-35(26-44(41)53)32-12-6-2-7-13-32/h1-26,46H,(H,51,52). The molecule has 9 rings (SSSR count). The van der Waals surface area contributed by atoms with E-state index in [1.165, 1.54) is 0 Å². The van der Waals surface area contributed by atoms with Crippen molar-refractivity contribution in [3.8, 4) is 46.1 Å². The molecule has 1 aliphatic rings. The van der Waals surface area contributed by atoms with Crippen molar-refractivity contribution in [3.63, 3.8) is 0 Å². The van der Waals surface area contributed by atoms with Crippen molar-refractivity contribution >= 4 is 33.3 Å². The van der Waals surface area contributed by atoms with Crippen LogP contribution in [0.5, 0.6) is 0 Å². The van der Waals surface area contributed by atoms with Gasteiger partial charge in [-0.3, -0.25) is 4.99 Å². The summed E-state index contributed by atoms with van der Waals surface area (Å²) in [6.45, 7) is 0. The van der Waals surface area contributed by atoms with E-state index < -0.39 is 6.04 Å². The maximum absolute atomic E-state index is 10.8. The van der Waals surface area contributed by atoms with Gasteiger partial charge in [-0.05, 0) is 64.2 Å². The fraction of sp³-hybridized carbons (Fsp3) is 0.0213.